The molecule has 0 fully saturated rings. The zero-order valence-corrected chi connectivity index (χ0v) is 33.7. The van der Waals surface area contributed by atoms with Crippen LogP contribution in [0.5, 0.6) is 5.75 Å². The molecule has 0 radical (unpaired) electrons. The molecule has 0 aliphatic rings. The van der Waals surface area contributed by atoms with Crippen molar-refractivity contribution in [1.29, 1.82) is 0 Å². The summed E-state index contributed by atoms with van der Waals surface area (Å²) in [6, 6.07) is 32.7. The number of benzene rings is 6. The van der Waals surface area contributed by atoms with E-state index in [1.807, 2.05) is 37.3 Å². The first-order chi connectivity index (χ1) is 26.2. The van der Waals surface area contributed by atoms with E-state index in [9.17, 15) is 22.7 Å². The van der Waals surface area contributed by atoms with Gasteiger partial charge in [0.05, 0.1) is 17.3 Å². The third-order valence-corrected chi connectivity index (χ3v) is 11.8. The van der Waals surface area contributed by atoms with Gasteiger partial charge < -0.3 is 10.0 Å². The van der Waals surface area contributed by atoms with E-state index in [2.05, 4.69) is 0 Å². The fraction of sp³-hybridized carbons (Fsp3) is 0.119. The third kappa shape index (κ3) is 9.58. The van der Waals surface area contributed by atoms with E-state index in [0.29, 0.717) is 43.7 Å². The molecule has 0 saturated heterocycles. The minimum Gasteiger partial charge on any atom is -0.505 e. The standard InChI is InChI=1S/C42H32Cl5FN2O4S/c1-2-29-19-32(42(52)49(23-26-6-13-37(48)14-7-26)24-28-17-34(44)20-35(45)18-28)10-15-39(29)50(55(53,54)40-22-36(46)21-38(47)41(40)51)25-27-4-3-5-31(16-27)30-8-11-33(43)12-9-30/h3-22,51H,2,23-25H2,1H3. The Bertz CT molecular complexity index is 2460. The fourth-order valence-corrected chi connectivity index (χ4v) is 9.11. The van der Waals surface area contributed by atoms with Gasteiger partial charge in [-0.1, -0.05) is 107 Å². The summed E-state index contributed by atoms with van der Waals surface area (Å²) in [6.45, 7) is 1.95. The van der Waals surface area contributed by atoms with Gasteiger partial charge in [0, 0.05) is 38.7 Å². The van der Waals surface area contributed by atoms with Gasteiger partial charge in [-0.25, -0.2) is 12.8 Å². The fourth-order valence-electron chi connectivity index (χ4n) is 6.17. The van der Waals surface area contributed by atoms with Crippen molar-refractivity contribution in [1.82, 2.24) is 4.90 Å². The molecule has 6 rings (SSSR count). The van der Waals surface area contributed by atoms with Crippen molar-refractivity contribution in [2.45, 2.75) is 37.9 Å². The molecular weight excluding hydrogens is 825 g/mol. The van der Waals surface area contributed by atoms with Crippen LogP contribution >= 0.6 is 58.0 Å². The maximum absolute atomic E-state index is 14.6. The van der Waals surface area contributed by atoms with Crippen molar-refractivity contribution in [2.24, 2.45) is 0 Å². The topological polar surface area (TPSA) is 77.9 Å². The Hall–Kier alpha value is -4.28. The lowest BCUT2D eigenvalue weighted by Crippen LogP contribution is -2.32. The summed E-state index contributed by atoms with van der Waals surface area (Å²) in [5.41, 5.74) is 4.80. The minimum atomic E-state index is -4.54. The third-order valence-electron chi connectivity index (χ3n) is 8.84. The number of hydrogen-bond donors (Lipinski definition) is 1. The van der Waals surface area contributed by atoms with Crippen LogP contribution in [0.1, 0.15) is 39.5 Å². The average Bonchev–Trinajstić information content (AvgIpc) is 3.15. The van der Waals surface area contributed by atoms with Crippen molar-refractivity contribution >= 4 is 79.6 Å². The smallest absolute Gasteiger partial charge is 0.268 e. The summed E-state index contributed by atoms with van der Waals surface area (Å²) in [5, 5.41) is 12.1. The lowest BCUT2D eigenvalue weighted by atomic mass is 10.0. The molecule has 1 N–H and O–H groups in total. The number of nitrogens with zero attached hydrogens (tertiary/aromatic N) is 2. The number of sulfonamides is 1. The van der Waals surface area contributed by atoms with Crippen LogP contribution in [0, 0.1) is 5.82 Å². The normalized spacial score (nSPS) is 11.4. The van der Waals surface area contributed by atoms with Gasteiger partial charge in [-0.05, 0) is 119 Å². The van der Waals surface area contributed by atoms with Gasteiger partial charge in [-0.15, -0.1) is 0 Å². The lowest BCUT2D eigenvalue weighted by Gasteiger charge is -2.28. The van der Waals surface area contributed by atoms with Crippen LogP contribution in [0.2, 0.25) is 25.1 Å². The van der Waals surface area contributed by atoms with Crippen LogP contribution in [-0.2, 0) is 36.1 Å². The number of rotatable bonds is 12. The zero-order valence-electron chi connectivity index (χ0n) is 29.1. The number of phenols is 1. The maximum Gasteiger partial charge on any atom is 0.268 e. The van der Waals surface area contributed by atoms with Gasteiger partial charge in [-0.2, -0.15) is 0 Å². The molecule has 6 aromatic carbocycles. The van der Waals surface area contributed by atoms with Crippen LogP contribution in [0.3, 0.4) is 0 Å². The summed E-state index contributed by atoms with van der Waals surface area (Å²) >= 11 is 31.2. The van der Waals surface area contributed by atoms with E-state index in [1.165, 1.54) is 22.5 Å². The number of halogens is 6. The predicted octanol–water partition coefficient (Wildman–Crippen LogP) is 12.3. The first-order valence-corrected chi connectivity index (χ1v) is 20.2. The molecule has 0 heterocycles. The number of carbonyl (C=O) groups excluding carboxylic acids is 1. The molecule has 0 bridgehead atoms. The average molecular weight is 857 g/mol. The second kappa shape index (κ2) is 17.2. The molecule has 0 aliphatic carbocycles. The Balaban J connectivity index is 1.43. The largest absolute Gasteiger partial charge is 0.505 e. The minimum absolute atomic E-state index is 0.0185. The van der Waals surface area contributed by atoms with Crippen molar-refractivity contribution in [2.75, 3.05) is 4.31 Å². The highest BCUT2D eigenvalue weighted by Crippen LogP contribution is 2.39. The Morgan fingerprint density at radius 1 is 0.655 bits per heavy atom. The molecule has 55 heavy (non-hydrogen) atoms. The Labute approximate surface area is 344 Å². The summed E-state index contributed by atoms with van der Waals surface area (Å²) in [4.78, 5) is 15.4. The number of phenolic OH excluding ortho intramolecular Hbond substituents is 1. The lowest BCUT2D eigenvalue weighted by molar-refractivity contribution is 0.0730. The highest BCUT2D eigenvalue weighted by Gasteiger charge is 2.32. The molecule has 282 valence electrons. The highest BCUT2D eigenvalue weighted by atomic mass is 35.5. The van der Waals surface area contributed by atoms with Gasteiger partial charge in [0.1, 0.15) is 10.7 Å². The number of aryl methyl sites for hydroxylation is 1. The predicted molar refractivity (Wildman–Crippen MR) is 221 cm³/mol. The van der Waals surface area contributed by atoms with Gasteiger partial charge >= 0.3 is 0 Å². The van der Waals surface area contributed by atoms with E-state index in [0.717, 1.165) is 17.2 Å². The molecular formula is C42H32Cl5FN2O4S. The first-order valence-electron chi connectivity index (χ1n) is 16.9. The molecule has 1 amide bonds. The molecule has 6 nitrogen and oxygen atoms in total. The highest BCUT2D eigenvalue weighted by molar-refractivity contribution is 7.93. The molecule has 6 aromatic rings. The van der Waals surface area contributed by atoms with Crippen LogP contribution in [0.15, 0.2) is 126 Å². The first kappa shape index (κ1) is 40.4. The van der Waals surface area contributed by atoms with Crippen LogP contribution < -0.4 is 4.31 Å². The Morgan fingerprint density at radius 3 is 1.98 bits per heavy atom. The summed E-state index contributed by atoms with van der Waals surface area (Å²) in [5.74, 6) is -1.42. The van der Waals surface area contributed by atoms with E-state index < -0.39 is 26.5 Å². The monoisotopic (exact) mass is 854 g/mol. The number of aromatic hydroxyl groups is 1. The summed E-state index contributed by atoms with van der Waals surface area (Å²) in [7, 11) is -4.54. The molecule has 13 heteroatoms. The van der Waals surface area contributed by atoms with Gasteiger partial charge in [-0.3, -0.25) is 9.10 Å². The van der Waals surface area contributed by atoms with Crippen molar-refractivity contribution in [3.63, 3.8) is 0 Å². The number of carbonyl (C=O) groups is 1. The number of hydrogen-bond acceptors (Lipinski definition) is 4. The number of amides is 1. The quantitative estimate of drug-likeness (QED) is 0.133. The molecule has 0 aromatic heterocycles. The summed E-state index contributed by atoms with van der Waals surface area (Å²) in [6.07, 6.45) is 0.331. The van der Waals surface area contributed by atoms with Gasteiger partial charge in [0.15, 0.2) is 5.75 Å². The van der Waals surface area contributed by atoms with Gasteiger partial charge in [0.25, 0.3) is 15.9 Å². The molecule has 0 unspecified atom stereocenters. The summed E-state index contributed by atoms with van der Waals surface area (Å²) < 4.78 is 44.2. The van der Waals surface area contributed by atoms with Crippen molar-refractivity contribution in [3.05, 3.63) is 180 Å². The van der Waals surface area contributed by atoms with E-state index in [4.69, 9.17) is 58.0 Å². The maximum atomic E-state index is 14.6. The van der Waals surface area contributed by atoms with E-state index in [1.54, 1.807) is 71.6 Å². The second-order valence-electron chi connectivity index (χ2n) is 12.7. The van der Waals surface area contributed by atoms with Crippen molar-refractivity contribution < 1.29 is 22.7 Å². The Morgan fingerprint density at radius 2 is 1.31 bits per heavy atom. The zero-order chi connectivity index (χ0) is 39.4. The Kier molecular flexibility index (Phi) is 12.7. The molecule has 0 aliphatic heterocycles. The second-order valence-corrected chi connectivity index (χ2v) is 16.7. The van der Waals surface area contributed by atoms with Crippen LogP contribution in [0.25, 0.3) is 11.1 Å². The van der Waals surface area contributed by atoms with Gasteiger partial charge in [0.2, 0.25) is 0 Å². The number of anilines is 1. The molecule has 0 atom stereocenters. The molecule has 0 saturated carbocycles. The van der Waals surface area contributed by atoms with E-state index >= 15 is 0 Å². The van der Waals surface area contributed by atoms with E-state index in [-0.39, 0.29) is 46.8 Å². The van der Waals surface area contributed by atoms with Crippen LogP contribution in [0.4, 0.5) is 10.1 Å². The van der Waals surface area contributed by atoms with Crippen LogP contribution in [-0.4, -0.2) is 24.3 Å². The SMILES string of the molecule is CCc1cc(C(=O)N(Cc2ccc(F)cc2)Cc2cc(Cl)cc(Cl)c2)ccc1N(Cc1cccc(-c2ccc(Cl)cc2)c1)S(=O)(=O)c1cc(Cl)cc(Cl)c1O. The van der Waals surface area contributed by atoms with Crippen molar-refractivity contribution in [3.8, 4) is 16.9 Å². The molecule has 0 spiro atoms.